The predicted molar refractivity (Wildman–Crippen MR) is 56.1 cm³/mol. The number of hydrogen-bond acceptors (Lipinski definition) is 4. The van der Waals surface area contributed by atoms with Crippen molar-refractivity contribution in [2.24, 2.45) is 0 Å². The van der Waals surface area contributed by atoms with E-state index in [1.165, 1.54) is 11.8 Å². The van der Waals surface area contributed by atoms with Gasteiger partial charge in [-0.2, -0.15) is 5.26 Å². The number of thioether (sulfide) groups is 1. The Balaban J connectivity index is 3.49. The lowest BCUT2D eigenvalue weighted by Gasteiger charge is -2.10. The van der Waals surface area contributed by atoms with Gasteiger partial charge in [0.2, 0.25) is 0 Å². The maximum absolute atomic E-state index is 9.13. The molecule has 0 unspecified atom stereocenters. The van der Waals surface area contributed by atoms with Crippen molar-refractivity contribution in [3.05, 3.63) is 22.4 Å². The molecular weight excluding hydrogens is 196 g/mol. The van der Waals surface area contributed by atoms with Gasteiger partial charge in [0.1, 0.15) is 11.1 Å². The maximum Gasteiger partial charge on any atom is 0.114 e. The number of rotatable bonds is 2. The summed E-state index contributed by atoms with van der Waals surface area (Å²) >= 11 is 1.45. The summed E-state index contributed by atoms with van der Waals surface area (Å²) in [5.74, 6) is 0. The van der Waals surface area contributed by atoms with Crippen molar-refractivity contribution in [2.45, 2.75) is 25.5 Å². The van der Waals surface area contributed by atoms with Crippen molar-refractivity contribution in [3.63, 3.8) is 0 Å². The molecular formula is C10H12N2OS. The first-order chi connectivity index (χ1) is 6.65. The first-order valence-electron chi connectivity index (χ1n) is 4.20. The number of aromatic nitrogens is 1. The molecule has 0 aliphatic rings. The standard InChI is InChI=1S/C10H12N2OS/c1-6-8(4-11)10(14-3)12-7(2)9(6)5-13/h13H,5H2,1-3H3. The molecule has 0 saturated carbocycles. The predicted octanol–water partition coefficient (Wildman–Crippen LogP) is 1.78. The summed E-state index contributed by atoms with van der Waals surface area (Å²) in [6.07, 6.45) is 1.89. The van der Waals surface area contributed by atoms with E-state index in [1.807, 2.05) is 20.1 Å². The average Bonchev–Trinajstić information content (AvgIpc) is 2.17. The lowest BCUT2D eigenvalue weighted by Crippen LogP contribution is -2.02. The first kappa shape index (κ1) is 11.0. The zero-order valence-electron chi connectivity index (χ0n) is 8.46. The SMILES string of the molecule is CSc1nc(C)c(CO)c(C)c1C#N. The smallest absolute Gasteiger partial charge is 0.114 e. The molecule has 1 N–H and O–H groups in total. The fraction of sp³-hybridized carbons (Fsp3) is 0.400. The van der Waals surface area contributed by atoms with Gasteiger partial charge >= 0.3 is 0 Å². The largest absolute Gasteiger partial charge is 0.392 e. The summed E-state index contributed by atoms with van der Waals surface area (Å²) in [6, 6.07) is 2.12. The van der Waals surface area contributed by atoms with Gasteiger partial charge in [0.05, 0.1) is 12.2 Å². The summed E-state index contributed by atoms with van der Waals surface area (Å²) in [5.41, 5.74) is 2.98. The molecule has 0 radical (unpaired) electrons. The molecule has 4 heteroatoms. The molecule has 1 aromatic rings. The molecule has 0 atom stereocenters. The molecule has 0 aromatic carbocycles. The average molecular weight is 208 g/mol. The van der Waals surface area contributed by atoms with Crippen LogP contribution >= 0.6 is 11.8 Å². The van der Waals surface area contributed by atoms with Crippen LogP contribution in [0.4, 0.5) is 0 Å². The monoisotopic (exact) mass is 208 g/mol. The van der Waals surface area contributed by atoms with E-state index in [-0.39, 0.29) is 6.61 Å². The van der Waals surface area contributed by atoms with Gasteiger partial charge in [-0.1, -0.05) is 0 Å². The molecule has 0 fully saturated rings. The van der Waals surface area contributed by atoms with Gasteiger partial charge in [0.15, 0.2) is 0 Å². The third kappa shape index (κ3) is 1.74. The van der Waals surface area contributed by atoms with Crippen LogP contribution in [0.5, 0.6) is 0 Å². The lowest BCUT2D eigenvalue weighted by molar-refractivity contribution is 0.279. The van der Waals surface area contributed by atoms with E-state index >= 15 is 0 Å². The zero-order chi connectivity index (χ0) is 10.7. The van der Waals surface area contributed by atoms with Gasteiger partial charge < -0.3 is 5.11 Å². The fourth-order valence-electron chi connectivity index (χ4n) is 1.37. The van der Waals surface area contributed by atoms with E-state index in [0.29, 0.717) is 5.56 Å². The van der Waals surface area contributed by atoms with Gasteiger partial charge in [0.25, 0.3) is 0 Å². The van der Waals surface area contributed by atoms with Crippen LogP contribution in [0.25, 0.3) is 0 Å². The third-order valence-electron chi connectivity index (χ3n) is 2.21. The highest BCUT2D eigenvalue weighted by atomic mass is 32.2. The molecule has 74 valence electrons. The van der Waals surface area contributed by atoms with Crippen LogP contribution in [0.2, 0.25) is 0 Å². The molecule has 0 bridgehead atoms. The van der Waals surface area contributed by atoms with Crippen molar-refractivity contribution in [3.8, 4) is 6.07 Å². The quantitative estimate of drug-likeness (QED) is 0.753. The highest BCUT2D eigenvalue weighted by Crippen LogP contribution is 2.24. The Labute approximate surface area is 87.8 Å². The molecule has 14 heavy (non-hydrogen) atoms. The van der Waals surface area contributed by atoms with Gasteiger partial charge in [-0.15, -0.1) is 11.8 Å². The van der Waals surface area contributed by atoms with E-state index in [4.69, 9.17) is 10.4 Å². The van der Waals surface area contributed by atoms with Gasteiger partial charge in [0, 0.05) is 11.3 Å². The van der Waals surface area contributed by atoms with Crippen LogP contribution in [-0.2, 0) is 6.61 Å². The number of hydrogen-bond donors (Lipinski definition) is 1. The van der Waals surface area contributed by atoms with Crippen molar-refractivity contribution < 1.29 is 5.11 Å². The van der Waals surface area contributed by atoms with Crippen molar-refractivity contribution in [1.29, 1.82) is 5.26 Å². The maximum atomic E-state index is 9.13. The molecule has 0 spiro atoms. The van der Waals surface area contributed by atoms with Crippen molar-refractivity contribution >= 4 is 11.8 Å². The summed E-state index contributed by atoms with van der Waals surface area (Å²) in [7, 11) is 0. The highest BCUT2D eigenvalue weighted by Gasteiger charge is 2.12. The van der Waals surface area contributed by atoms with E-state index in [0.717, 1.165) is 21.8 Å². The summed E-state index contributed by atoms with van der Waals surface area (Å²) in [6.45, 7) is 3.63. The second-order valence-corrected chi connectivity index (χ2v) is 3.75. The number of pyridine rings is 1. The molecule has 1 heterocycles. The zero-order valence-corrected chi connectivity index (χ0v) is 9.27. The van der Waals surface area contributed by atoms with Crippen molar-refractivity contribution in [2.75, 3.05) is 6.26 Å². The molecule has 0 amide bonds. The molecule has 0 aliphatic heterocycles. The minimum absolute atomic E-state index is 0.0615. The van der Waals surface area contributed by atoms with Crippen LogP contribution in [0.15, 0.2) is 5.03 Å². The number of nitrogens with zero attached hydrogens (tertiary/aromatic N) is 2. The first-order valence-corrected chi connectivity index (χ1v) is 5.43. The van der Waals surface area contributed by atoms with Gasteiger partial charge in [-0.3, -0.25) is 0 Å². The molecule has 3 nitrogen and oxygen atoms in total. The van der Waals surface area contributed by atoms with Crippen LogP contribution in [0, 0.1) is 25.2 Å². The van der Waals surface area contributed by atoms with Gasteiger partial charge in [-0.05, 0) is 25.7 Å². The Kier molecular flexibility index (Phi) is 3.50. The molecule has 1 rings (SSSR count). The number of nitriles is 1. The minimum Gasteiger partial charge on any atom is -0.392 e. The van der Waals surface area contributed by atoms with Crippen molar-refractivity contribution in [1.82, 2.24) is 4.98 Å². The van der Waals surface area contributed by atoms with Crippen LogP contribution in [0.1, 0.15) is 22.4 Å². The van der Waals surface area contributed by atoms with Crippen LogP contribution < -0.4 is 0 Å². The van der Waals surface area contributed by atoms with E-state index in [2.05, 4.69) is 11.1 Å². The minimum atomic E-state index is -0.0615. The number of aliphatic hydroxyl groups excluding tert-OH is 1. The molecule has 1 aromatic heterocycles. The third-order valence-corrected chi connectivity index (χ3v) is 2.89. The van der Waals surface area contributed by atoms with E-state index < -0.39 is 0 Å². The second kappa shape index (κ2) is 4.45. The second-order valence-electron chi connectivity index (χ2n) is 2.95. The Morgan fingerprint density at radius 2 is 2.14 bits per heavy atom. The Morgan fingerprint density at radius 1 is 1.50 bits per heavy atom. The molecule has 0 saturated heterocycles. The normalized spacial score (nSPS) is 9.93. The summed E-state index contributed by atoms with van der Waals surface area (Å²) < 4.78 is 0. The summed E-state index contributed by atoms with van der Waals surface area (Å²) in [5, 5.41) is 18.8. The highest BCUT2D eigenvalue weighted by molar-refractivity contribution is 7.98. The number of aliphatic hydroxyl groups is 1. The number of aryl methyl sites for hydroxylation is 1. The van der Waals surface area contributed by atoms with E-state index in [9.17, 15) is 0 Å². The van der Waals surface area contributed by atoms with E-state index in [1.54, 1.807) is 0 Å². The Bertz CT molecular complexity index is 396. The topological polar surface area (TPSA) is 56.9 Å². The van der Waals surface area contributed by atoms with Crippen LogP contribution in [0.3, 0.4) is 0 Å². The van der Waals surface area contributed by atoms with Gasteiger partial charge in [-0.25, -0.2) is 4.98 Å². The Hall–Kier alpha value is -1.05. The lowest BCUT2D eigenvalue weighted by atomic mass is 10.0. The van der Waals surface area contributed by atoms with Crippen LogP contribution in [-0.4, -0.2) is 16.3 Å². The summed E-state index contributed by atoms with van der Waals surface area (Å²) in [4.78, 5) is 4.27. The fourth-order valence-corrected chi connectivity index (χ4v) is 2.00. The Morgan fingerprint density at radius 3 is 2.57 bits per heavy atom. The molecule has 0 aliphatic carbocycles.